The van der Waals surface area contributed by atoms with E-state index >= 15 is 0 Å². The highest BCUT2D eigenvalue weighted by Crippen LogP contribution is 2.35. The van der Waals surface area contributed by atoms with Gasteiger partial charge in [0.2, 0.25) is 0 Å². The molecule has 2 aromatic carbocycles. The summed E-state index contributed by atoms with van der Waals surface area (Å²) in [4.78, 5) is 4.80. The van der Waals surface area contributed by atoms with E-state index in [2.05, 4.69) is 24.3 Å². The molecule has 0 fully saturated rings. The number of hydrogen-bond donors (Lipinski definition) is 0. The van der Waals surface area contributed by atoms with Gasteiger partial charge in [-0.3, -0.25) is 4.99 Å². The minimum absolute atomic E-state index is 0.748. The van der Waals surface area contributed by atoms with E-state index in [0.717, 1.165) is 37.3 Å². The smallest absolute Gasteiger partial charge is 0.122 e. The van der Waals surface area contributed by atoms with Gasteiger partial charge in [-0.15, -0.1) is 0 Å². The Balaban J connectivity index is 1.84. The first-order chi connectivity index (χ1) is 10.8. The Kier molecular flexibility index (Phi) is 4.42. The van der Waals surface area contributed by atoms with Crippen LogP contribution in [0, 0.1) is 0 Å². The first kappa shape index (κ1) is 14.6. The molecule has 0 radical (unpaired) electrons. The van der Waals surface area contributed by atoms with Crippen LogP contribution in [0.15, 0.2) is 47.5 Å². The summed E-state index contributed by atoms with van der Waals surface area (Å²) in [6.45, 7) is 0.748. The standard InChI is InChI=1S/C19H21NO2/c1-21-18-10-11-19(22-2)17-12-15(8-9-16(17)18)20-13-14-6-4-3-5-7-14/h3-7,10-11H,8-9,12-13H2,1-2H3. The van der Waals surface area contributed by atoms with Crippen LogP contribution in [-0.2, 0) is 19.4 Å². The van der Waals surface area contributed by atoms with Crippen molar-refractivity contribution in [1.82, 2.24) is 0 Å². The van der Waals surface area contributed by atoms with Gasteiger partial charge in [-0.05, 0) is 30.5 Å². The average Bonchev–Trinajstić information content (AvgIpc) is 2.59. The lowest BCUT2D eigenvalue weighted by Gasteiger charge is -2.22. The SMILES string of the molecule is COc1ccc(OC)c2c1CCC(=NCc1ccccc1)C2. The van der Waals surface area contributed by atoms with E-state index in [9.17, 15) is 0 Å². The minimum Gasteiger partial charge on any atom is -0.496 e. The van der Waals surface area contributed by atoms with E-state index < -0.39 is 0 Å². The maximum Gasteiger partial charge on any atom is 0.122 e. The van der Waals surface area contributed by atoms with E-state index in [4.69, 9.17) is 14.5 Å². The van der Waals surface area contributed by atoms with Crippen LogP contribution in [0.2, 0.25) is 0 Å². The second-order valence-corrected chi connectivity index (χ2v) is 5.47. The second-order valence-electron chi connectivity index (χ2n) is 5.47. The van der Waals surface area contributed by atoms with Crippen LogP contribution in [-0.4, -0.2) is 19.9 Å². The monoisotopic (exact) mass is 295 g/mol. The quantitative estimate of drug-likeness (QED) is 0.858. The zero-order chi connectivity index (χ0) is 15.4. The predicted octanol–water partition coefficient (Wildman–Crippen LogP) is 3.83. The fourth-order valence-electron chi connectivity index (χ4n) is 2.98. The molecule has 114 valence electrons. The third-order valence-corrected chi connectivity index (χ3v) is 4.16. The molecule has 3 rings (SSSR count). The summed E-state index contributed by atoms with van der Waals surface area (Å²) in [5.41, 5.74) is 4.97. The molecule has 0 N–H and O–H groups in total. The Labute approximate surface area is 131 Å². The Morgan fingerprint density at radius 3 is 2.23 bits per heavy atom. The largest absolute Gasteiger partial charge is 0.496 e. The Bertz CT molecular complexity index is 677. The third kappa shape index (κ3) is 2.98. The molecule has 0 unspecified atom stereocenters. The van der Waals surface area contributed by atoms with Gasteiger partial charge < -0.3 is 9.47 Å². The number of methoxy groups -OCH3 is 2. The number of aliphatic imine (C=N–C) groups is 1. The lowest BCUT2D eigenvalue weighted by molar-refractivity contribution is 0.394. The fraction of sp³-hybridized carbons (Fsp3) is 0.316. The van der Waals surface area contributed by atoms with Gasteiger partial charge in [-0.1, -0.05) is 30.3 Å². The van der Waals surface area contributed by atoms with Gasteiger partial charge in [-0.2, -0.15) is 0 Å². The number of hydrogen-bond acceptors (Lipinski definition) is 3. The fourth-order valence-corrected chi connectivity index (χ4v) is 2.98. The Morgan fingerprint density at radius 1 is 0.864 bits per heavy atom. The number of rotatable bonds is 4. The van der Waals surface area contributed by atoms with Crippen LogP contribution in [0.1, 0.15) is 23.1 Å². The Morgan fingerprint density at radius 2 is 1.55 bits per heavy atom. The molecule has 1 aliphatic carbocycles. The van der Waals surface area contributed by atoms with Crippen LogP contribution < -0.4 is 9.47 Å². The number of nitrogens with zero attached hydrogens (tertiary/aromatic N) is 1. The summed E-state index contributed by atoms with van der Waals surface area (Å²) >= 11 is 0. The minimum atomic E-state index is 0.748. The maximum absolute atomic E-state index is 5.51. The van der Waals surface area contributed by atoms with Crippen LogP contribution in [0.25, 0.3) is 0 Å². The van der Waals surface area contributed by atoms with Crippen molar-refractivity contribution in [2.45, 2.75) is 25.8 Å². The third-order valence-electron chi connectivity index (χ3n) is 4.16. The molecule has 0 aromatic heterocycles. The van der Waals surface area contributed by atoms with Gasteiger partial charge in [0, 0.05) is 23.3 Å². The van der Waals surface area contributed by atoms with Gasteiger partial charge in [0.1, 0.15) is 11.5 Å². The number of benzene rings is 2. The molecule has 0 spiro atoms. The summed E-state index contributed by atoms with van der Waals surface area (Å²) in [6.07, 6.45) is 2.80. The zero-order valence-electron chi connectivity index (χ0n) is 13.1. The number of ether oxygens (including phenoxy) is 2. The summed E-state index contributed by atoms with van der Waals surface area (Å²) in [5.74, 6) is 1.89. The van der Waals surface area contributed by atoms with Crippen molar-refractivity contribution >= 4 is 5.71 Å². The molecule has 0 heterocycles. The lowest BCUT2D eigenvalue weighted by Crippen LogP contribution is -2.16. The first-order valence-electron chi connectivity index (χ1n) is 7.60. The molecular weight excluding hydrogens is 274 g/mol. The van der Waals surface area contributed by atoms with E-state index in [-0.39, 0.29) is 0 Å². The van der Waals surface area contributed by atoms with Gasteiger partial charge in [0.15, 0.2) is 0 Å². The van der Waals surface area contributed by atoms with Crippen molar-refractivity contribution in [1.29, 1.82) is 0 Å². The zero-order valence-corrected chi connectivity index (χ0v) is 13.1. The molecule has 2 aromatic rings. The van der Waals surface area contributed by atoms with Crippen molar-refractivity contribution in [3.63, 3.8) is 0 Å². The second kappa shape index (κ2) is 6.65. The molecule has 0 bridgehead atoms. The highest BCUT2D eigenvalue weighted by molar-refractivity contribution is 5.89. The van der Waals surface area contributed by atoms with Crippen LogP contribution in [0.3, 0.4) is 0 Å². The van der Waals surface area contributed by atoms with Crippen LogP contribution in [0.4, 0.5) is 0 Å². The van der Waals surface area contributed by atoms with E-state index in [0.29, 0.717) is 0 Å². The molecule has 0 atom stereocenters. The topological polar surface area (TPSA) is 30.8 Å². The van der Waals surface area contributed by atoms with Gasteiger partial charge in [0.25, 0.3) is 0 Å². The van der Waals surface area contributed by atoms with Crippen molar-refractivity contribution in [2.75, 3.05) is 14.2 Å². The van der Waals surface area contributed by atoms with E-state index in [1.165, 1.54) is 22.4 Å². The predicted molar refractivity (Wildman–Crippen MR) is 89.2 cm³/mol. The van der Waals surface area contributed by atoms with Gasteiger partial charge in [0.05, 0.1) is 20.8 Å². The molecule has 3 nitrogen and oxygen atoms in total. The first-order valence-corrected chi connectivity index (χ1v) is 7.60. The van der Waals surface area contributed by atoms with Crippen LogP contribution >= 0.6 is 0 Å². The number of fused-ring (bicyclic) bond motifs is 1. The molecule has 0 saturated heterocycles. The molecule has 0 aliphatic heterocycles. The highest BCUT2D eigenvalue weighted by Gasteiger charge is 2.21. The van der Waals surface area contributed by atoms with Crippen molar-refractivity contribution in [3.05, 3.63) is 59.2 Å². The molecule has 22 heavy (non-hydrogen) atoms. The van der Waals surface area contributed by atoms with Crippen molar-refractivity contribution in [3.8, 4) is 11.5 Å². The lowest BCUT2D eigenvalue weighted by atomic mass is 9.88. The summed E-state index contributed by atoms with van der Waals surface area (Å²) in [6, 6.07) is 14.3. The maximum atomic E-state index is 5.51. The molecular formula is C19H21NO2. The molecule has 3 heteroatoms. The molecule has 0 saturated carbocycles. The summed E-state index contributed by atoms with van der Waals surface area (Å²) in [5, 5.41) is 0. The van der Waals surface area contributed by atoms with Gasteiger partial charge in [-0.25, -0.2) is 0 Å². The van der Waals surface area contributed by atoms with E-state index in [1.807, 2.05) is 18.2 Å². The highest BCUT2D eigenvalue weighted by atomic mass is 16.5. The molecule has 1 aliphatic rings. The van der Waals surface area contributed by atoms with Crippen molar-refractivity contribution < 1.29 is 9.47 Å². The normalized spacial score (nSPS) is 15.5. The molecule has 0 amide bonds. The Hall–Kier alpha value is -2.29. The summed E-state index contributed by atoms with van der Waals surface area (Å²) in [7, 11) is 3.44. The summed E-state index contributed by atoms with van der Waals surface area (Å²) < 4.78 is 11.0. The van der Waals surface area contributed by atoms with Crippen molar-refractivity contribution in [2.24, 2.45) is 4.99 Å². The average molecular weight is 295 g/mol. The van der Waals surface area contributed by atoms with E-state index in [1.54, 1.807) is 14.2 Å². The van der Waals surface area contributed by atoms with Crippen LogP contribution in [0.5, 0.6) is 11.5 Å². The van der Waals surface area contributed by atoms with Gasteiger partial charge >= 0.3 is 0 Å².